The highest BCUT2D eigenvalue weighted by Gasteiger charge is 2.37. The maximum Gasteiger partial charge on any atom is 0.326 e. The van der Waals surface area contributed by atoms with Crippen molar-refractivity contribution in [1.29, 1.82) is 0 Å². The Hall–Kier alpha value is -1.96. The van der Waals surface area contributed by atoms with Gasteiger partial charge in [0.05, 0.1) is 10.6 Å². The number of carbonyl (C=O) groups excluding carboxylic acids is 1. The first-order valence-corrected chi connectivity index (χ1v) is 7.05. The molecule has 0 saturated carbocycles. The number of nitro groups is 1. The van der Waals surface area contributed by atoms with E-state index in [1.807, 2.05) is 0 Å². The molecule has 1 heterocycles. The molecule has 1 aliphatic heterocycles. The van der Waals surface area contributed by atoms with Crippen LogP contribution >= 0.6 is 7.59 Å². The largest absolute Gasteiger partial charge is 0.351 e. The number of benzene rings is 1. The molecule has 0 aromatic heterocycles. The summed E-state index contributed by atoms with van der Waals surface area (Å²) in [5, 5.41) is 16.0. The SMILES string of the molecule is NC(=O)N(c1cccc([N+](=O)[O-])c1)P1(=O)NCCN1. The van der Waals surface area contributed by atoms with E-state index in [1.165, 1.54) is 18.2 Å². The van der Waals surface area contributed by atoms with E-state index >= 15 is 0 Å². The van der Waals surface area contributed by atoms with Crippen molar-refractivity contribution >= 4 is 25.0 Å². The van der Waals surface area contributed by atoms with Gasteiger partial charge >= 0.3 is 13.6 Å². The fourth-order valence-corrected chi connectivity index (χ4v) is 3.73. The summed E-state index contributed by atoms with van der Waals surface area (Å²) in [4.78, 5) is 21.6. The van der Waals surface area contributed by atoms with E-state index in [9.17, 15) is 19.5 Å². The van der Waals surface area contributed by atoms with Crippen LogP contribution in [0, 0.1) is 10.1 Å². The van der Waals surface area contributed by atoms with Gasteiger partial charge in [-0.1, -0.05) is 6.07 Å². The number of nitrogens with zero attached hydrogens (tertiary/aromatic N) is 2. The van der Waals surface area contributed by atoms with Gasteiger partial charge in [-0.05, 0) is 6.07 Å². The average Bonchev–Trinajstić information content (AvgIpc) is 2.76. The number of amides is 2. The van der Waals surface area contributed by atoms with Crippen molar-refractivity contribution in [3.63, 3.8) is 0 Å². The lowest BCUT2D eigenvalue weighted by Gasteiger charge is -2.26. The third-order valence-corrected chi connectivity index (χ3v) is 4.85. The van der Waals surface area contributed by atoms with Gasteiger partial charge in [0.15, 0.2) is 0 Å². The van der Waals surface area contributed by atoms with Crippen LogP contribution in [0.15, 0.2) is 24.3 Å². The molecular weight excluding hydrogens is 273 g/mol. The summed E-state index contributed by atoms with van der Waals surface area (Å²) in [6.45, 7) is 0.825. The standard InChI is InChI=1S/C9H12N5O4P/c10-9(15)13(19(18)11-4-5-12-19)7-2-1-3-8(6-7)14(16)17/h1-3,6H,4-5H2,(H2,10,15)(H2,11,12,18). The van der Waals surface area contributed by atoms with Crippen molar-refractivity contribution in [3.05, 3.63) is 34.4 Å². The molecule has 0 radical (unpaired) electrons. The van der Waals surface area contributed by atoms with Crippen molar-refractivity contribution in [2.75, 3.05) is 17.8 Å². The van der Waals surface area contributed by atoms with Crippen LogP contribution < -0.4 is 20.6 Å². The van der Waals surface area contributed by atoms with Crippen LogP contribution in [-0.2, 0) is 4.57 Å². The molecular formula is C9H12N5O4P. The molecule has 0 unspecified atom stereocenters. The van der Waals surface area contributed by atoms with E-state index in [0.29, 0.717) is 13.1 Å². The molecule has 9 nitrogen and oxygen atoms in total. The number of urea groups is 1. The molecule has 1 saturated heterocycles. The molecule has 2 amide bonds. The maximum atomic E-state index is 12.5. The summed E-state index contributed by atoms with van der Waals surface area (Å²) in [6, 6.07) is 4.29. The molecule has 1 aromatic rings. The van der Waals surface area contributed by atoms with Gasteiger partial charge in [0.1, 0.15) is 0 Å². The number of hydrogen-bond acceptors (Lipinski definition) is 4. The van der Waals surface area contributed by atoms with Gasteiger partial charge in [-0.3, -0.25) is 14.7 Å². The second kappa shape index (κ2) is 4.96. The number of nitrogens with one attached hydrogen (secondary N) is 2. The second-order valence-corrected chi connectivity index (χ2v) is 6.00. The van der Waals surface area contributed by atoms with Crippen molar-refractivity contribution in [3.8, 4) is 0 Å². The zero-order chi connectivity index (χ0) is 14.0. The van der Waals surface area contributed by atoms with Gasteiger partial charge in [0.25, 0.3) is 5.69 Å². The maximum absolute atomic E-state index is 12.5. The minimum atomic E-state index is -3.37. The molecule has 19 heavy (non-hydrogen) atoms. The fourth-order valence-electron chi connectivity index (χ4n) is 1.78. The van der Waals surface area contributed by atoms with Crippen molar-refractivity contribution < 1.29 is 14.3 Å². The molecule has 102 valence electrons. The number of nitro benzene ring substituents is 1. The number of non-ortho nitro benzene ring substituents is 1. The van der Waals surface area contributed by atoms with Crippen molar-refractivity contribution in [2.45, 2.75) is 0 Å². The first kappa shape index (κ1) is 13.5. The number of nitrogens with two attached hydrogens (primary N) is 1. The Morgan fingerprint density at radius 1 is 1.42 bits per heavy atom. The minimum absolute atomic E-state index is 0.104. The van der Waals surface area contributed by atoms with E-state index in [-0.39, 0.29) is 11.4 Å². The Kier molecular flexibility index (Phi) is 3.52. The first-order valence-electron chi connectivity index (χ1n) is 5.39. The third kappa shape index (κ3) is 2.58. The summed E-state index contributed by atoms with van der Waals surface area (Å²) in [6.07, 6.45) is 0. The number of anilines is 1. The molecule has 0 spiro atoms. The number of rotatable bonds is 3. The molecule has 1 aliphatic rings. The average molecular weight is 285 g/mol. The zero-order valence-electron chi connectivity index (χ0n) is 9.78. The quantitative estimate of drug-likeness (QED) is 0.427. The smallest absolute Gasteiger partial charge is 0.326 e. The summed E-state index contributed by atoms with van der Waals surface area (Å²) < 4.78 is 13.3. The minimum Gasteiger partial charge on any atom is -0.351 e. The Morgan fingerprint density at radius 2 is 2.05 bits per heavy atom. The normalized spacial score (nSPS) is 17.1. The lowest BCUT2D eigenvalue weighted by Crippen LogP contribution is -2.38. The highest BCUT2D eigenvalue weighted by molar-refractivity contribution is 7.62. The van der Waals surface area contributed by atoms with Crippen LogP contribution in [0.1, 0.15) is 0 Å². The second-order valence-electron chi connectivity index (χ2n) is 3.82. The van der Waals surface area contributed by atoms with Crippen LogP contribution in [0.4, 0.5) is 16.2 Å². The summed E-state index contributed by atoms with van der Waals surface area (Å²) >= 11 is 0. The monoisotopic (exact) mass is 285 g/mol. The van der Waals surface area contributed by atoms with Crippen LogP contribution in [0.2, 0.25) is 0 Å². The van der Waals surface area contributed by atoms with Gasteiger partial charge in [0, 0.05) is 25.2 Å². The zero-order valence-corrected chi connectivity index (χ0v) is 10.7. The lowest BCUT2D eigenvalue weighted by atomic mass is 10.3. The van der Waals surface area contributed by atoms with Crippen molar-refractivity contribution in [1.82, 2.24) is 10.2 Å². The Labute approximate surface area is 108 Å². The van der Waals surface area contributed by atoms with E-state index in [4.69, 9.17) is 5.73 Å². The van der Waals surface area contributed by atoms with Crippen LogP contribution in [-0.4, -0.2) is 24.0 Å². The number of hydrogen-bond donors (Lipinski definition) is 3. The van der Waals surface area contributed by atoms with Gasteiger partial charge < -0.3 is 5.73 Å². The highest BCUT2D eigenvalue weighted by Crippen LogP contribution is 2.46. The summed E-state index contributed by atoms with van der Waals surface area (Å²) in [7, 11) is -3.37. The highest BCUT2D eigenvalue weighted by atomic mass is 31.2. The molecule has 1 fully saturated rings. The molecule has 0 atom stereocenters. The van der Waals surface area contributed by atoms with Crippen molar-refractivity contribution in [2.24, 2.45) is 5.73 Å². The van der Waals surface area contributed by atoms with Gasteiger partial charge in [-0.15, -0.1) is 0 Å². The van der Waals surface area contributed by atoms with Crippen LogP contribution in [0.25, 0.3) is 0 Å². The van der Waals surface area contributed by atoms with Gasteiger partial charge in [-0.2, -0.15) is 0 Å². The Morgan fingerprint density at radius 3 is 2.58 bits per heavy atom. The topological polar surface area (TPSA) is 131 Å². The first-order chi connectivity index (χ1) is 8.94. The summed E-state index contributed by atoms with van der Waals surface area (Å²) in [5.41, 5.74) is 5.12. The number of primary amides is 1. The van der Waals surface area contributed by atoms with E-state index in [1.54, 1.807) is 0 Å². The third-order valence-electron chi connectivity index (χ3n) is 2.55. The molecule has 2 rings (SSSR count). The predicted molar refractivity (Wildman–Crippen MR) is 68.8 cm³/mol. The summed E-state index contributed by atoms with van der Waals surface area (Å²) in [5.74, 6) is 0. The molecule has 4 N–H and O–H groups in total. The Balaban J connectivity index is 2.45. The Bertz CT molecular complexity index is 567. The van der Waals surface area contributed by atoms with Gasteiger partial charge in [-0.25, -0.2) is 19.6 Å². The van der Waals surface area contributed by atoms with Crippen LogP contribution in [0.5, 0.6) is 0 Å². The van der Waals surface area contributed by atoms with Crippen LogP contribution in [0.3, 0.4) is 0 Å². The van der Waals surface area contributed by atoms with E-state index in [0.717, 1.165) is 10.7 Å². The molecule has 10 heteroatoms. The predicted octanol–water partition coefficient (Wildman–Crippen LogP) is 0.781. The van der Waals surface area contributed by atoms with E-state index in [2.05, 4.69) is 10.2 Å². The fraction of sp³-hybridized carbons (Fsp3) is 0.222. The lowest BCUT2D eigenvalue weighted by molar-refractivity contribution is -0.384. The van der Waals surface area contributed by atoms with E-state index < -0.39 is 18.5 Å². The molecule has 0 bridgehead atoms. The molecule has 0 aliphatic carbocycles. The van der Waals surface area contributed by atoms with Gasteiger partial charge in [0.2, 0.25) is 0 Å². The molecule has 1 aromatic carbocycles. The number of carbonyl (C=O) groups is 1.